The van der Waals surface area contributed by atoms with E-state index in [2.05, 4.69) is 5.32 Å². The van der Waals surface area contributed by atoms with Gasteiger partial charge in [-0.25, -0.2) is 4.39 Å². The molecule has 0 heterocycles. The molecule has 0 saturated carbocycles. The number of phenols is 1. The molecule has 0 spiro atoms. The SMILES string of the molecule is CC(C)(CN)NC(=O)c1c(O)cccc1F. The van der Waals surface area contributed by atoms with Crippen molar-refractivity contribution in [1.82, 2.24) is 5.32 Å². The lowest BCUT2D eigenvalue weighted by atomic mass is 10.0. The van der Waals surface area contributed by atoms with E-state index in [1.54, 1.807) is 13.8 Å². The summed E-state index contributed by atoms with van der Waals surface area (Å²) in [4.78, 5) is 11.7. The van der Waals surface area contributed by atoms with Crippen molar-refractivity contribution in [1.29, 1.82) is 0 Å². The van der Waals surface area contributed by atoms with E-state index < -0.39 is 17.3 Å². The minimum absolute atomic E-state index is 0.216. The molecular weight excluding hydrogens is 211 g/mol. The van der Waals surface area contributed by atoms with Gasteiger partial charge in [0.1, 0.15) is 17.1 Å². The Labute approximate surface area is 93.3 Å². The number of carbonyl (C=O) groups excluding carboxylic acids is 1. The first-order valence-electron chi connectivity index (χ1n) is 4.87. The minimum atomic E-state index is -0.759. The maximum Gasteiger partial charge on any atom is 0.258 e. The molecule has 0 unspecified atom stereocenters. The molecule has 0 saturated heterocycles. The zero-order valence-corrected chi connectivity index (χ0v) is 9.25. The van der Waals surface area contributed by atoms with Gasteiger partial charge in [-0.2, -0.15) is 0 Å². The highest BCUT2D eigenvalue weighted by Crippen LogP contribution is 2.20. The second-order valence-corrected chi connectivity index (χ2v) is 4.18. The van der Waals surface area contributed by atoms with E-state index in [9.17, 15) is 14.3 Å². The van der Waals surface area contributed by atoms with Crippen LogP contribution in [-0.2, 0) is 0 Å². The van der Waals surface area contributed by atoms with Gasteiger partial charge in [0, 0.05) is 12.1 Å². The molecule has 1 rings (SSSR count). The molecule has 0 fully saturated rings. The number of amides is 1. The fourth-order valence-electron chi connectivity index (χ4n) is 1.16. The second-order valence-electron chi connectivity index (χ2n) is 4.18. The molecule has 4 nitrogen and oxygen atoms in total. The third-order valence-corrected chi connectivity index (χ3v) is 2.18. The largest absolute Gasteiger partial charge is 0.507 e. The number of nitrogens with two attached hydrogens (primary N) is 1. The highest BCUT2D eigenvalue weighted by molar-refractivity contribution is 5.97. The van der Waals surface area contributed by atoms with Crippen LogP contribution in [0.3, 0.4) is 0 Å². The van der Waals surface area contributed by atoms with Crippen molar-refractivity contribution in [3.63, 3.8) is 0 Å². The lowest BCUT2D eigenvalue weighted by Gasteiger charge is -2.24. The number of aromatic hydroxyl groups is 1. The number of carbonyl (C=O) groups is 1. The van der Waals surface area contributed by atoms with Gasteiger partial charge in [-0.15, -0.1) is 0 Å². The molecule has 0 atom stereocenters. The van der Waals surface area contributed by atoms with Crippen LogP contribution in [0.25, 0.3) is 0 Å². The molecule has 1 aromatic carbocycles. The van der Waals surface area contributed by atoms with Crippen LogP contribution in [0.15, 0.2) is 18.2 Å². The molecule has 0 aliphatic carbocycles. The molecule has 0 aliphatic rings. The lowest BCUT2D eigenvalue weighted by molar-refractivity contribution is 0.0908. The Morgan fingerprint density at radius 2 is 2.19 bits per heavy atom. The molecule has 0 aliphatic heterocycles. The maximum absolute atomic E-state index is 13.3. The normalized spacial score (nSPS) is 11.2. The summed E-state index contributed by atoms with van der Waals surface area (Å²) in [5.74, 6) is -1.82. The Morgan fingerprint density at radius 3 is 2.69 bits per heavy atom. The average Bonchev–Trinajstić information content (AvgIpc) is 2.16. The number of phenolic OH excluding ortho intramolecular Hbond substituents is 1. The topological polar surface area (TPSA) is 75.3 Å². The van der Waals surface area contributed by atoms with Gasteiger partial charge in [0.2, 0.25) is 0 Å². The Balaban J connectivity index is 2.98. The van der Waals surface area contributed by atoms with Crippen molar-refractivity contribution in [3.8, 4) is 5.75 Å². The first-order chi connectivity index (χ1) is 7.37. The van der Waals surface area contributed by atoms with Gasteiger partial charge in [0.05, 0.1) is 0 Å². The van der Waals surface area contributed by atoms with Crippen LogP contribution < -0.4 is 11.1 Å². The highest BCUT2D eigenvalue weighted by Gasteiger charge is 2.23. The van der Waals surface area contributed by atoms with E-state index in [0.29, 0.717) is 0 Å². The summed E-state index contributed by atoms with van der Waals surface area (Å²) in [5.41, 5.74) is 4.43. The third-order valence-electron chi connectivity index (χ3n) is 2.18. The number of rotatable bonds is 3. The summed E-state index contributed by atoms with van der Waals surface area (Å²) in [6, 6.07) is 3.70. The van der Waals surface area contributed by atoms with Crippen LogP contribution in [0.5, 0.6) is 5.75 Å². The number of halogens is 1. The lowest BCUT2D eigenvalue weighted by Crippen LogP contribution is -2.49. The van der Waals surface area contributed by atoms with Gasteiger partial charge in [-0.3, -0.25) is 4.79 Å². The number of hydrogen-bond acceptors (Lipinski definition) is 3. The summed E-state index contributed by atoms with van der Waals surface area (Å²) < 4.78 is 13.3. The van der Waals surface area contributed by atoms with Crippen molar-refractivity contribution in [2.75, 3.05) is 6.54 Å². The summed E-state index contributed by atoms with van der Waals surface area (Å²) in [7, 11) is 0. The van der Waals surface area contributed by atoms with Crippen molar-refractivity contribution < 1.29 is 14.3 Å². The zero-order chi connectivity index (χ0) is 12.3. The van der Waals surface area contributed by atoms with Gasteiger partial charge in [0.15, 0.2) is 0 Å². The Kier molecular flexibility index (Phi) is 3.49. The van der Waals surface area contributed by atoms with Gasteiger partial charge in [-0.1, -0.05) is 6.07 Å². The van der Waals surface area contributed by atoms with E-state index in [0.717, 1.165) is 6.07 Å². The van der Waals surface area contributed by atoms with Gasteiger partial charge in [-0.05, 0) is 26.0 Å². The van der Waals surface area contributed by atoms with Crippen LogP contribution in [0.2, 0.25) is 0 Å². The standard InChI is InChI=1S/C11H15FN2O2/c1-11(2,6-13)14-10(16)9-7(12)4-3-5-8(9)15/h3-5,15H,6,13H2,1-2H3,(H,14,16). The van der Waals surface area contributed by atoms with E-state index >= 15 is 0 Å². The van der Waals surface area contributed by atoms with E-state index in [-0.39, 0.29) is 17.9 Å². The molecule has 5 heteroatoms. The zero-order valence-electron chi connectivity index (χ0n) is 9.25. The Hall–Kier alpha value is -1.62. The fraction of sp³-hybridized carbons (Fsp3) is 0.364. The number of nitrogens with one attached hydrogen (secondary N) is 1. The van der Waals surface area contributed by atoms with Crippen LogP contribution in [-0.4, -0.2) is 23.1 Å². The fourth-order valence-corrected chi connectivity index (χ4v) is 1.16. The average molecular weight is 226 g/mol. The van der Waals surface area contributed by atoms with Crippen LogP contribution in [0.4, 0.5) is 4.39 Å². The molecule has 1 aromatic rings. The highest BCUT2D eigenvalue weighted by atomic mass is 19.1. The predicted molar refractivity (Wildman–Crippen MR) is 58.7 cm³/mol. The first kappa shape index (κ1) is 12.4. The quantitative estimate of drug-likeness (QED) is 0.719. The Morgan fingerprint density at radius 1 is 1.56 bits per heavy atom. The molecule has 4 N–H and O–H groups in total. The van der Waals surface area contributed by atoms with E-state index in [1.807, 2.05) is 0 Å². The molecule has 0 bridgehead atoms. The summed E-state index contributed by atoms with van der Waals surface area (Å²) in [6.07, 6.45) is 0. The van der Waals surface area contributed by atoms with Gasteiger partial charge in [0.25, 0.3) is 5.91 Å². The molecular formula is C11H15FN2O2. The van der Waals surface area contributed by atoms with E-state index in [1.165, 1.54) is 12.1 Å². The van der Waals surface area contributed by atoms with Crippen molar-refractivity contribution in [2.45, 2.75) is 19.4 Å². The molecule has 1 amide bonds. The second kappa shape index (κ2) is 4.49. The summed E-state index contributed by atoms with van der Waals surface area (Å²) in [6.45, 7) is 3.64. The van der Waals surface area contributed by atoms with Crippen LogP contribution in [0.1, 0.15) is 24.2 Å². The third kappa shape index (κ3) is 2.70. The Bertz CT molecular complexity index is 385. The molecule has 88 valence electrons. The first-order valence-corrected chi connectivity index (χ1v) is 4.87. The van der Waals surface area contributed by atoms with Crippen molar-refractivity contribution >= 4 is 5.91 Å². The monoisotopic (exact) mass is 226 g/mol. The van der Waals surface area contributed by atoms with Gasteiger partial charge >= 0.3 is 0 Å². The van der Waals surface area contributed by atoms with Crippen LogP contribution in [0, 0.1) is 5.82 Å². The summed E-state index contributed by atoms with van der Waals surface area (Å²) in [5, 5.41) is 11.9. The molecule has 16 heavy (non-hydrogen) atoms. The smallest absolute Gasteiger partial charge is 0.258 e. The number of hydrogen-bond donors (Lipinski definition) is 3. The predicted octanol–water partition coefficient (Wildman–Crippen LogP) is 0.998. The summed E-state index contributed by atoms with van der Waals surface area (Å²) >= 11 is 0. The van der Waals surface area contributed by atoms with Crippen molar-refractivity contribution in [3.05, 3.63) is 29.6 Å². The van der Waals surface area contributed by atoms with Gasteiger partial charge < -0.3 is 16.2 Å². The molecule has 0 aromatic heterocycles. The van der Waals surface area contributed by atoms with E-state index in [4.69, 9.17) is 5.73 Å². The maximum atomic E-state index is 13.3. The van der Waals surface area contributed by atoms with Crippen LogP contribution >= 0.6 is 0 Å². The number of benzene rings is 1. The van der Waals surface area contributed by atoms with Crippen molar-refractivity contribution in [2.24, 2.45) is 5.73 Å². The minimum Gasteiger partial charge on any atom is -0.507 e. The molecule has 0 radical (unpaired) electrons.